The molecule has 0 saturated carbocycles. The van der Waals surface area contributed by atoms with Crippen molar-refractivity contribution in [2.45, 2.75) is 6.42 Å². The number of anilines is 1. The fourth-order valence-corrected chi connectivity index (χ4v) is 3.32. The van der Waals surface area contributed by atoms with Crippen LogP contribution in [-0.2, 0) is 6.42 Å². The lowest BCUT2D eigenvalue weighted by Crippen LogP contribution is -2.05. The summed E-state index contributed by atoms with van der Waals surface area (Å²) >= 11 is 0. The highest BCUT2D eigenvalue weighted by Crippen LogP contribution is 2.38. The Morgan fingerprint density at radius 3 is 2.52 bits per heavy atom. The number of rotatable bonds is 5. The van der Waals surface area contributed by atoms with Gasteiger partial charge in [0.25, 0.3) is 0 Å². The van der Waals surface area contributed by atoms with Crippen molar-refractivity contribution in [2.75, 3.05) is 26.1 Å². The minimum Gasteiger partial charge on any atom is -0.493 e. The summed E-state index contributed by atoms with van der Waals surface area (Å²) in [5, 5.41) is 17.3. The molecule has 138 valence electrons. The number of carbonyl (C=O) groups is 1. The van der Waals surface area contributed by atoms with Gasteiger partial charge >= 0.3 is 5.97 Å². The third-order valence-electron chi connectivity index (χ3n) is 4.67. The molecule has 2 heterocycles. The number of aromatic carboxylic acids is 1. The summed E-state index contributed by atoms with van der Waals surface area (Å²) in [5.74, 6) is 1.30. The van der Waals surface area contributed by atoms with Gasteiger partial charge in [0, 0.05) is 17.7 Å². The van der Waals surface area contributed by atoms with Crippen LogP contribution in [0, 0.1) is 0 Å². The van der Waals surface area contributed by atoms with Crippen LogP contribution in [0.2, 0.25) is 0 Å². The van der Waals surface area contributed by atoms with E-state index in [1.807, 2.05) is 22.9 Å². The summed E-state index contributed by atoms with van der Waals surface area (Å²) in [4.78, 5) is 11.1. The van der Waals surface area contributed by atoms with Crippen molar-refractivity contribution in [2.24, 2.45) is 0 Å². The molecule has 0 radical (unpaired) electrons. The van der Waals surface area contributed by atoms with Crippen molar-refractivity contribution < 1.29 is 19.4 Å². The average molecular weight is 365 g/mol. The summed E-state index contributed by atoms with van der Waals surface area (Å²) in [6, 6.07) is 12.4. The average Bonchev–Trinajstić information content (AvgIpc) is 3.30. The van der Waals surface area contributed by atoms with Gasteiger partial charge in [-0.3, -0.25) is 0 Å². The fraction of sp³-hybridized carbons (Fsp3) is 0.200. The van der Waals surface area contributed by atoms with E-state index in [0.29, 0.717) is 11.5 Å². The van der Waals surface area contributed by atoms with Crippen LogP contribution in [0.25, 0.3) is 16.9 Å². The molecule has 27 heavy (non-hydrogen) atoms. The van der Waals surface area contributed by atoms with Gasteiger partial charge in [-0.25, -0.2) is 9.48 Å². The minimum atomic E-state index is -0.948. The van der Waals surface area contributed by atoms with Gasteiger partial charge in [-0.1, -0.05) is 0 Å². The zero-order valence-corrected chi connectivity index (χ0v) is 15.0. The zero-order chi connectivity index (χ0) is 19.0. The maximum Gasteiger partial charge on any atom is 0.335 e. The number of hydrogen-bond acceptors (Lipinski definition) is 5. The third-order valence-corrected chi connectivity index (χ3v) is 4.67. The van der Waals surface area contributed by atoms with Crippen molar-refractivity contribution in [3.63, 3.8) is 0 Å². The lowest BCUT2D eigenvalue weighted by atomic mass is 10.1. The molecule has 2 aromatic carbocycles. The first-order chi connectivity index (χ1) is 13.1. The van der Waals surface area contributed by atoms with Crippen LogP contribution >= 0.6 is 0 Å². The van der Waals surface area contributed by atoms with Gasteiger partial charge in [0.15, 0.2) is 11.5 Å². The SMILES string of the molecule is COc1ccc(-c2nn(-c3ccc(C(=O)O)cc3)c3c2CCN3)cc1OC. The van der Waals surface area contributed by atoms with Crippen molar-refractivity contribution in [3.05, 3.63) is 53.6 Å². The third kappa shape index (κ3) is 2.87. The number of benzene rings is 2. The molecule has 0 fully saturated rings. The summed E-state index contributed by atoms with van der Waals surface area (Å²) in [7, 11) is 3.21. The van der Waals surface area contributed by atoms with Crippen LogP contribution in [0.1, 0.15) is 15.9 Å². The largest absolute Gasteiger partial charge is 0.493 e. The summed E-state index contributed by atoms with van der Waals surface area (Å²) in [5.41, 5.74) is 3.99. The lowest BCUT2D eigenvalue weighted by molar-refractivity contribution is 0.0697. The first-order valence-corrected chi connectivity index (χ1v) is 8.54. The molecule has 0 saturated heterocycles. The van der Waals surface area contributed by atoms with Crippen LogP contribution in [0.15, 0.2) is 42.5 Å². The van der Waals surface area contributed by atoms with Gasteiger partial charge in [-0.05, 0) is 48.9 Å². The molecular weight excluding hydrogens is 346 g/mol. The van der Waals surface area contributed by atoms with Crippen molar-refractivity contribution in [1.82, 2.24) is 9.78 Å². The van der Waals surface area contributed by atoms with Crippen LogP contribution in [0.3, 0.4) is 0 Å². The quantitative estimate of drug-likeness (QED) is 0.722. The Balaban J connectivity index is 1.80. The fourth-order valence-electron chi connectivity index (χ4n) is 3.32. The molecule has 4 rings (SSSR count). The van der Waals surface area contributed by atoms with Crippen molar-refractivity contribution in [3.8, 4) is 28.4 Å². The van der Waals surface area contributed by atoms with E-state index < -0.39 is 5.97 Å². The maximum atomic E-state index is 11.1. The highest BCUT2D eigenvalue weighted by atomic mass is 16.5. The topological polar surface area (TPSA) is 85.6 Å². The molecule has 0 aliphatic carbocycles. The van der Waals surface area contributed by atoms with Gasteiger partial charge in [0.05, 0.1) is 31.2 Å². The van der Waals surface area contributed by atoms with E-state index >= 15 is 0 Å². The normalized spacial score (nSPS) is 12.4. The molecule has 0 bridgehead atoms. The zero-order valence-electron chi connectivity index (χ0n) is 15.0. The maximum absolute atomic E-state index is 11.1. The Labute approximate surface area is 156 Å². The highest BCUT2D eigenvalue weighted by molar-refractivity contribution is 5.87. The molecule has 1 aliphatic rings. The van der Waals surface area contributed by atoms with Crippen LogP contribution < -0.4 is 14.8 Å². The summed E-state index contributed by atoms with van der Waals surface area (Å²) < 4.78 is 12.5. The molecule has 7 nitrogen and oxygen atoms in total. The molecule has 0 unspecified atom stereocenters. The van der Waals surface area contributed by atoms with Gasteiger partial charge in [0.1, 0.15) is 5.82 Å². The van der Waals surface area contributed by atoms with Crippen LogP contribution in [0.4, 0.5) is 5.82 Å². The monoisotopic (exact) mass is 365 g/mol. The molecule has 0 atom stereocenters. The second-order valence-corrected chi connectivity index (χ2v) is 6.19. The Morgan fingerprint density at radius 2 is 1.85 bits per heavy atom. The van der Waals surface area contributed by atoms with Crippen molar-refractivity contribution in [1.29, 1.82) is 0 Å². The van der Waals surface area contributed by atoms with E-state index in [1.54, 1.807) is 38.5 Å². The highest BCUT2D eigenvalue weighted by Gasteiger charge is 2.24. The molecular formula is C20H19N3O4. The van der Waals surface area contributed by atoms with E-state index in [9.17, 15) is 4.79 Å². The number of nitrogens with one attached hydrogen (secondary N) is 1. The van der Waals surface area contributed by atoms with Crippen molar-refractivity contribution >= 4 is 11.8 Å². The van der Waals surface area contributed by atoms with E-state index in [2.05, 4.69) is 5.32 Å². The molecule has 0 spiro atoms. The summed E-state index contributed by atoms with van der Waals surface area (Å²) in [6.07, 6.45) is 0.867. The van der Waals surface area contributed by atoms with Gasteiger partial charge < -0.3 is 19.9 Å². The number of ether oxygens (including phenoxy) is 2. The smallest absolute Gasteiger partial charge is 0.335 e. The Bertz CT molecular complexity index is 1010. The van der Waals surface area contributed by atoms with E-state index in [0.717, 1.165) is 41.3 Å². The standard InChI is InChI=1S/C20H19N3O4/c1-26-16-8-5-13(11-17(16)27-2)18-15-9-10-21-19(15)23(22-18)14-6-3-12(4-7-14)20(24)25/h3-8,11,21H,9-10H2,1-2H3,(H,24,25). The molecule has 7 heteroatoms. The summed E-state index contributed by atoms with van der Waals surface area (Å²) in [6.45, 7) is 0.834. The number of hydrogen-bond donors (Lipinski definition) is 2. The van der Waals surface area contributed by atoms with Gasteiger partial charge in [0.2, 0.25) is 0 Å². The lowest BCUT2D eigenvalue weighted by Gasteiger charge is -2.09. The van der Waals surface area contributed by atoms with Crippen LogP contribution in [-0.4, -0.2) is 41.6 Å². The number of methoxy groups -OCH3 is 2. The molecule has 1 aliphatic heterocycles. The molecule has 3 aromatic rings. The number of carboxylic acids is 1. The van der Waals surface area contributed by atoms with E-state index in [4.69, 9.17) is 19.7 Å². The van der Waals surface area contributed by atoms with Crippen LogP contribution in [0.5, 0.6) is 11.5 Å². The number of fused-ring (bicyclic) bond motifs is 1. The predicted octanol–water partition coefficient (Wildman–Crippen LogP) is 3.22. The Morgan fingerprint density at radius 1 is 1.11 bits per heavy atom. The Kier molecular flexibility index (Phi) is 4.19. The molecule has 1 aromatic heterocycles. The molecule has 0 amide bonds. The predicted molar refractivity (Wildman–Crippen MR) is 101 cm³/mol. The first-order valence-electron chi connectivity index (χ1n) is 8.54. The van der Waals surface area contributed by atoms with Gasteiger partial charge in [-0.15, -0.1) is 0 Å². The number of carboxylic acid groups (broad SMARTS) is 1. The van der Waals surface area contributed by atoms with E-state index in [-0.39, 0.29) is 5.56 Å². The van der Waals surface area contributed by atoms with Gasteiger partial charge in [-0.2, -0.15) is 5.10 Å². The Hall–Kier alpha value is -3.48. The van der Waals surface area contributed by atoms with E-state index in [1.165, 1.54) is 0 Å². The first kappa shape index (κ1) is 17.0. The number of nitrogens with zero attached hydrogens (tertiary/aromatic N) is 2. The number of aromatic nitrogens is 2. The minimum absolute atomic E-state index is 0.246. The second kappa shape index (κ2) is 6.68. The molecule has 2 N–H and O–H groups in total. The second-order valence-electron chi connectivity index (χ2n) is 6.19.